The highest BCUT2D eigenvalue weighted by Gasteiger charge is 2.40. The largest absolute Gasteiger partial charge is 0.506 e. The van der Waals surface area contributed by atoms with Crippen LogP contribution in [0.2, 0.25) is 0 Å². The molecule has 0 spiro atoms. The van der Waals surface area contributed by atoms with Crippen molar-refractivity contribution < 1.29 is 34.8 Å². The van der Waals surface area contributed by atoms with Gasteiger partial charge in [-0.05, 0) is 66.1 Å². The normalized spacial score (nSPS) is 14.8. The van der Waals surface area contributed by atoms with Crippen LogP contribution in [-0.4, -0.2) is 81.0 Å². The van der Waals surface area contributed by atoms with E-state index in [1.54, 1.807) is 47.4 Å². The number of hydrogen-bond donors (Lipinski definition) is 7. The number of nitrogens with one attached hydrogen (secondary N) is 3. The van der Waals surface area contributed by atoms with Gasteiger partial charge in [0.2, 0.25) is 11.2 Å². The van der Waals surface area contributed by atoms with Gasteiger partial charge in [-0.15, -0.1) is 0 Å². The van der Waals surface area contributed by atoms with Crippen molar-refractivity contribution in [2.75, 3.05) is 38.1 Å². The number of phenols is 1. The summed E-state index contributed by atoms with van der Waals surface area (Å²) in [7, 11) is 0. The van der Waals surface area contributed by atoms with Gasteiger partial charge in [0, 0.05) is 42.3 Å². The molecule has 5 aromatic rings. The maximum absolute atomic E-state index is 12.8. The fraction of sp³-hybridized carbons (Fsp3) is 0.237. The minimum atomic E-state index is -2.27. The maximum Gasteiger partial charge on any atom is 0.345 e. The second-order valence-corrected chi connectivity index (χ2v) is 12.3. The number of anilines is 1. The highest BCUT2D eigenvalue weighted by atomic mass is 16.5. The minimum absolute atomic E-state index is 0.0490. The highest BCUT2D eigenvalue weighted by Crippen LogP contribution is 2.32. The summed E-state index contributed by atoms with van der Waals surface area (Å²) < 4.78 is 5.69. The number of nitrogens with zero attached hydrogens (tertiary/aromatic N) is 1. The number of fused-ring (bicyclic) bond motifs is 1. The van der Waals surface area contributed by atoms with Gasteiger partial charge < -0.3 is 45.7 Å². The summed E-state index contributed by atoms with van der Waals surface area (Å²) in [5, 5.41) is 49.1. The van der Waals surface area contributed by atoms with Crippen molar-refractivity contribution in [3.63, 3.8) is 0 Å². The predicted octanol–water partition coefficient (Wildman–Crippen LogP) is 3.12. The number of carboxylic acids is 1. The number of amides is 1. The number of carboxylic acid groups (broad SMARTS) is 1. The van der Waals surface area contributed by atoms with Gasteiger partial charge in [0.1, 0.15) is 11.5 Å². The zero-order valence-corrected chi connectivity index (χ0v) is 27.1. The van der Waals surface area contributed by atoms with Crippen molar-refractivity contribution in [1.82, 2.24) is 15.2 Å². The summed E-state index contributed by atoms with van der Waals surface area (Å²) in [4.78, 5) is 40.8. The number of aromatic hydroxyl groups is 1. The summed E-state index contributed by atoms with van der Waals surface area (Å²) in [5.74, 6) is -1.39. The minimum Gasteiger partial charge on any atom is -0.506 e. The second-order valence-electron chi connectivity index (χ2n) is 12.3. The van der Waals surface area contributed by atoms with E-state index < -0.39 is 17.7 Å². The van der Waals surface area contributed by atoms with Crippen LogP contribution in [0.3, 0.4) is 0 Å². The quantitative estimate of drug-likeness (QED) is 0.0862. The van der Waals surface area contributed by atoms with Crippen molar-refractivity contribution >= 4 is 28.5 Å². The van der Waals surface area contributed by atoms with Gasteiger partial charge in [-0.1, -0.05) is 60.7 Å². The van der Waals surface area contributed by atoms with E-state index in [0.717, 1.165) is 17.7 Å². The van der Waals surface area contributed by atoms with Gasteiger partial charge >= 0.3 is 5.97 Å². The molecule has 2 heterocycles. The number of phenolic OH excluding ortho intramolecular Hbond substituents is 1. The molecule has 0 saturated carbocycles. The van der Waals surface area contributed by atoms with Crippen LogP contribution < -0.4 is 20.9 Å². The first-order chi connectivity index (χ1) is 24.1. The van der Waals surface area contributed by atoms with Crippen molar-refractivity contribution in [2.45, 2.75) is 24.2 Å². The fourth-order valence-electron chi connectivity index (χ4n) is 6.05. The molecular formula is C38H38N4O8. The molecule has 7 N–H and O–H groups in total. The molecule has 4 aromatic carbocycles. The Hall–Kier alpha value is -5.69. The molecule has 1 amide bonds. The van der Waals surface area contributed by atoms with Crippen LogP contribution >= 0.6 is 0 Å². The second kappa shape index (κ2) is 14.8. The molecule has 0 bridgehead atoms. The number of hydrogen-bond acceptors (Lipinski definition) is 9. The molecule has 1 saturated heterocycles. The summed E-state index contributed by atoms with van der Waals surface area (Å²) in [6.07, 6.45) is -0.0832. The number of aliphatic hydroxyl groups excluding tert-OH is 1. The SMILES string of the molecule is O=C(COc1cccc([C@](O)(C(=O)O)c2ccccc2)c1)N1CC(Nc2ccc(CCNC[C@H](O)c3ccc(O)c4[nH]c(=O)ccc34)cc2)C1. The molecule has 2 atom stereocenters. The third-order valence-corrected chi connectivity index (χ3v) is 8.87. The Morgan fingerprint density at radius 2 is 1.68 bits per heavy atom. The molecule has 12 heteroatoms. The number of aliphatic hydroxyl groups is 2. The lowest BCUT2D eigenvalue weighted by molar-refractivity contribution is -0.155. The highest BCUT2D eigenvalue weighted by molar-refractivity contribution is 5.87. The number of carbonyl (C=O) groups excluding carboxylic acids is 1. The molecule has 258 valence electrons. The number of benzene rings is 4. The lowest BCUT2D eigenvalue weighted by Gasteiger charge is -2.40. The molecule has 1 fully saturated rings. The molecule has 0 unspecified atom stereocenters. The summed E-state index contributed by atoms with van der Waals surface area (Å²) in [5.41, 5.74) is 0.695. The smallest absolute Gasteiger partial charge is 0.345 e. The van der Waals surface area contributed by atoms with Crippen molar-refractivity contribution in [3.8, 4) is 11.5 Å². The number of rotatable bonds is 14. The standard InChI is InChI=1S/C38H38N4O8/c43-32-15-13-30(31-14-16-34(45)41-36(31)32)33(44)20-39-18-17-24-9-11-27(12-10-24)40-28-21-42(22-28)35(46)23-50-29-8-4-7-26(19-29)38(49,37(47)48)25-5-2-1-3-6-25/h1-16,19,28,33,39-40,43-44,49H,17-18,20-23H2,(H,41,45)(H,47,48)/t33-,38-/m0/s1. The van der Waals surface area contributed by atoms with Crippen LogP contribution in [0.15, 0.2) is 108 Å². The van der Waals surface area contributed by atoms with Gasteiger partial charge in [-0.3, -0.25) is 9.59 Å². The van der Waals surface area contributed by atoms with E-state index in [1.807, 2.05) is 24.3 Å². The summed E-state index contributed by atoms with van der Waals surface area (Å²) >= 11 is 0. The molecular weight excluding hydrogens is 640 g/mol. The van der Waals surface area contributed by atoms with E-state index >= 15 is 0 Å². The molecule has 1 aromatic heterocycles. The van der Waals surface area contributed by atoms with E-state index in [2.05, 4.69) is 15.6 Å². The van der Waals surface area contributed by atoms with Gasteiger partial charge in [0.25, 0.3) is 5.91 Å². The molecule has 0 aliphatic carbocycles. The molecule has 6 rings (SSSR count). The Kier molecular flexibility index (Phi) is 10.1. The van der Waals surface area contributed by atoms with E-state index in [0.29, 0.717) is 42.6 Å². The Morgan fingerprint density at radius 3 is 2.42 bits per heavy atom. The number of pyridine rings is 1. The van der Waals surface area contributed by atoms with E-state index in [-0.39, 0.29) is 46.7 Å². The predicted molar refractivity (Wildman–Crippen MR) is 187 cm³/mol. The number of aromatic amines is 1. The number of likely N-dealkylation sites (tertiary alicyclic amines) is 1. The van der Waals surface area contributed by atoms with E-state index in [1.165, 1.54) is 36.4 Å². The number of aliphatic carboxylic acids is 1. The first-order valence-electron chi connectivity index (χ1n) is 16.2. The first kappa shape index (κ1) is 34.2. The average Bonchev–Trinajstić information content (AvgIpc) is 3.11. The van der Waals surface area contributed by atoms with Crippen LogP contribution in [0.25, 0.3) is 10.9 Å². The summed E-state index contributed by atoms with van der Waals surface area (Å²) in [6.45, 7) is 1.73. The van der Waals surface area contributed by atoms with Gasteiger partial charge in [-0.25, -0.2) is 4.79 Å². The molecule has 1 aliphatic heterocycles. The molecule has 0 radical (unpaired) electrons. The molecule has 50 heavy (non-hydrogen) atoms. The van der Waals surface area contributed by atoms with Gasteiger partial charge in [-0.2, -0.15) is 0 Å². The van der Waals surface area contributed by atoms with Crippen LogP contribution in [-0.2, 0) is 21.6 Å². The van der Waals surface area contributed by atoms with E-state index in [9.17, 15) is 34.8 Å². The summed E-state index contributed by atoms with van der Waals surface area (Å²) in [6, 6.07) is 28.4. The van der Waals surface area contributed by atoms with Crippen LogP contribution in [0.1, 0.15) is 28.4 Å². The monoisotopic (exact) mass is 678 g/mol. The maximum atomic E-state index is 12.8. The van der Waals surface area contributed by atoms with Crippen LogP contribution in [0, 0.1) is 0 Å². The lowest BCUT2D eigenvalue weighted by atomic mass is 9.86. The average molecular weight is 679 g/mol. The number of carbonyl (C=O) groups is 2. The Balaban J connectivity index is 0.923. The first-order valence-corrected chi connectivity index (χ1v) is 16.2. The zero-order valence-electron chi connectivity index (χ0n) is 27.1. The van der Waals surface area contributed by atoms with Gasteiger partial charge in [0.15, 0.2) is 6.61 Å². The number of H-pyrrole nitrogens is 1. The van der Waals surface area contributed by atoms with Crippen LogP contribution in [0.4, 0.5) is 5.69 Å². The Labute approximate surface area is 287 Å². The van der Waals surface area contributed by atoms with Gasteiger partial charge in [0.05, 0.1) is 17.7 Å². The Morgan fingerprint density at radius 1 is 0.940 bits per heavy atom. The van der Waals surface area contributed by atoms with Crippen molar-refractivity contribution in [3.05, 3.63) is 136 Å². The molecule has 12 nitrogen and oxygen atoms in total. The van der Waals surface area contributed by atoms with E-state index in [4.69, 9.17) is 4.74 Å². The van der Waals surface area contributed by atoms with Crippen LogP contribution in [0.5, 0.6) is 11.5 Å². The Bertz CT molecular complexity index is 2030. The zero-order chi connectivity index (χ0) is 35.3. The third-order valence-electron chi connectivity index (χ3n) is 8.87. The number of ether oxygens (including phenoxy) is 1. The van der Waals surface area contributed by atoms with Crippen molar-refractivity contribution in [1.29, 1.82) is 0 Å². The fourth-order valence-corrected chi connectivity index (χ4v) is 6.05. The third kappa shape index (κ3) is 7.47. The molecule has 1 aliphatic rings. The topological polar surface area (TPSA) is 184 Å². The van der Waals surface area contributed by atoms with Crippen molar-refractivity contribution in [2.24, 2.45) is 0 Å². The lowest BCUT2D eigenvalue weighted by Crippen LogP contribution is -2.58. The number of aromatic nitrogens is 1.